The Morgan fingerprint density at radius 3 is 2.59 bits per heavy atom. The van der Waals surface area contributed by atoms with Gasteiger partial charge in [-0.05, 0) is 19.1 Å². The number of aromatic nitrogens is 2. The van der Waals surface area contributed by atoms with Crippen LogP contribution in [0.1, 0.15) is 11.3 Å². The van der Waals surface area contributed by atoms with E-state index >= 15 is 0 Å². The van der Waals surface area contributed by atoms with Gasteiger partial charge in [-0.1, -0.05) is 18.2 Å². The van der Waals surface area contributed by atoms with Crippen molar-refractivity contribution in [2.24, 2.45) is 0 Å². The van der Waals surface area contributed by atoms with Crippen LogP contribution < -0.4 is 4.72 Å². The van der Waals surface area contributed by atoms with Crippen molar-refractivity contribution in [2.75, 3.05) is 0 Å². The third-order valence-corrected chi connectivity index (χ3v) is 3.86. The van der Waals surface area contributed by atoms with Gasteiger partial charge in [0.25, 0.3) is 0 Å². The van der Waals surface area contributed by atoms with Crippen molar-refractivity contribution in [2.45, 2.75) is 18.4 Å². The van der Waals surface area contributed by atoms with E-state index in [4.69, 9.17) is 0 Å². The summed E-state index contributed by atoms with van der Waals surface area (Å²) in [7, 11) is -3.44. The van der Waals surface area contributed by atoms with Crippen LogP contribution in [0.15, 0.2) is 41.4 Å². The summed E-state index contributed by atoms with van der Waals surface area (Å²) in [5.41, 5.74) is 1.70. The van der Waals surface area contributed by atoms with E-state index in [0.29, 0.717) is 0 Å². The summed E-state index contributed by atoms with van der Waals surface area (Å²) in [6.07, 6.45) is 1.61. The van der Waals surface area contributed by atoms with Gasteiger partial charge < -0.3 is 0 Å². The Labute approximate surface area is 99.9 Å². The summed E-state index contributed by atoms with van der Waals surface area (Å²) in [6.45, 7) is 2.08. The highest BCUT2D eigenvalue weighted by molar-refractivity contribution is 7.89. The smallest absolute Gasteiger partial charge is 0.240 e. The zero-order valence-corrected chi connectivity index (χ0v) is 10.2. The third-order valence-electron chi connectivity index (χ3n) is 2.44. The van der Waals surface area contributed by atoms with Gasteiger partial charge in [0.15, 0.2) is 0 Å². The maximum Gasteiger partial charge on any atom is 0.240 e. The number of hydrogen-bond acceptors (Lipinski definition) is 3. The average molecular weight is 251 g/mol. The van der Waals surface area contributed by atoms with Crippen molar-refractivity contribution in [1.82, 2.24) is 14.9 Å². The first-order chi connectivity index (χ1) is 8.09. The second-order valence-electron chi connectivity index (χ2n) is 3.66. The van der Waals surface area contributed by atoms with Crippen molar-refractivity contribution in [3.63, 3.8) is 0 Å². The molecule has 2 N–H and O–H groups in total. The van der Waals surface area contributed by atoms with E-state index in [1.807, 2.05) is 6.92 Å². The van der Waals surface area contributed by atoms with Crippen LogP contribution in [-0.4, -0.2) is 18.6 Å². The number of hydrogen-bond donors (Lipinski definition) is 2. The number of aromatic amines is 1. The standard InChI is InChI=1S/C11H13N3O2S/c1-9-10(7-12-14-9)8-13-17(15,16)11-5-3-2-4-6-11/h2-7,13H,8H2,1H3,(H,12,14). The highest BCUT2D eigenvalue weighted by atomic mass is 32.2. The zero-order chi connectivity index (χ0) is 12.3. The molecule has 6 heteroatoms. The van der Waals surface area contributed by atoms with Gasteiger partial charge in [-0.15, -0.1) is 0 Å². The summed E-state index contributed by atoms with van der Waals surface area (Å²) in [5, 5.41) is 6.60. The summed E-state index contributed by atoms with van der Waals surface area (Å²) < 4.78 is 26.3. The number of aryl methyl sites for hydroxylation is 1. The fourth-order valence-corrected chi connectivity index (χ4v) is 2.44. The number of H-pyrrole nitrogens is 1. The molecule has 0 aliphatic rings. The van der Waals surface area contributed by atoms with Crippen molar-refractivity contribution in [1.29, 1.82) is 0 Å². The second kappa shape index (κ2) is 4.68. The minimum Gasteiger partial charge on any atom is -0.283 e. The average Bonchev–Trinajstić information content (AvgIpc) is 2.74. The molecule has 5 nitrogen and oxygen atoms in total. The highest BCUT2D eigenvalue weighted by Gasteiger charge is 2.13. The monoisotopic (exact) mass is 251 g/mol. The Morgan fingerprint density at radius 2 is 2.00 bits per heavy atom. The van der Waals surface area contributed by atoms with E-state index in [0.717, 1.165) is 11.3 Å². The molecule has 90 valence electrons. The van der Waals surface area contributed by atoms with E-state index < -0.39 is 10.0 Å². The van der Waals surface area contributed by atoms with E-state index in [2.05, 4.69) is 14.9 Å². The molecule has 1 aromatic carbocycles. The topological polar surface area (TPSA) is 74.8 Å². The third kappa shape index (κ3) is 2.72. The summed E-state index contributed by atoms with van der Waals surface area (Å²) in [4.78, 5) is 0.265. The molecular weight excluding hydrogens is 238 g/mol. The van der Waals surface area contributed by atoms with Gasteiger partial charge in [0, 0.05) is 17.8 Å². The van der Waals surface area contributed by atoms with E-state index in [9.17, 15) is 8.42 Å². The van der Waals surface area contributed by atoms with Crippen LogP contribution in [-0.2, 0) is 16.6 Å². The van der Waals surface area contributed by atoms with Gasteiger partial charge in [-0.3, -0.25) is 5.10 Å². The quantitative estimate of drug-likeness (QED) is 0.857. The van der Waals surface area contributed by atoms with Crippen molar-refractivity contribution in [3.05, 3.63) is 47.8 Å². The number of nitrogens with one attached hydrogen (secondary N) is 2. The van der Waals surface area contributed by atoms with Crippen molar-refractivity contribution in [3.8, 4) is 0 Å². The van der Waals surface area contributed by atoms with Gasteiger partial charge in [0.05, 0.1) is 11.1 Å². The molecule has 0 atom stereocenters. The van der Waals surface area contributed by atoms with Crippen LogP contribution in [0.5, 0.6) is 0 Å². The maximum atomic E-state index is 11.9. The first kappa shape index (κ1) is 11.8. The molecular formula is C11H13N3O2S. The van der Waals surface area contributed by atoms with Gasteiger partial charge in [-0.2, -0.15) is 5.10 Å². The van der Waals surface area contributed by atoms with Gasteiger partial charge >= 0.3 is 0 Å². The van der Waals surface area contributed by atoms with Gasteiger partial charge in [-0.25, -0.2) is 13.1 Å². The minimum absolute atomic E-state index is 0.236. The van der Waals surface area contributed by atoms with Crippen LogP contribution in [0, 0.1) is 6.92 Å². The molecule has 1 aromatic heterocycles. The predicted molar refractivity (Wildman–Crippen MR) is 63.8 cm³/mol. The molecule has 0 aliphatic carbocycles. The molecule has 2 aromatic rings. The minimum atomic E-state index is -3.44. The fraction of sp³-hybridized carbons (Fsp3) is 0.182. The lowest BCUT2D eigenvalue weighted by Gasteiger charge is -2.05. The normalized spacial score (nSPS) is 11.6. The summed E-state index contributed by atoms with van der Waals surface area (Å²) in [5.74, 6) is 0. The lowest BCUT2D eigenvalue weighted by Crippen LogP contribution is -2.23. The van der Waals surface area contributed by atoms with Crippen LogP contribution in [0.3, 0.4) is 0 Å². The maximum absolute atomic E-state index is 11.9. The van der Waals surface area contributed by atoms with Gasteiger partial charge in [0.2, 0.25) is 10.0 Å². The zero-order valence-electron chi connectivity index (χ0n) is 9.34. The van der Waals surface area contributed by atoms with Gasteiger partial charge in [0.1, 0.15) is 0 Å². The molecule has 0 radical (unpaired) electrons. The SMILES string of the molecule is Cc1[nH]ncc1CNS(=O)(=O)c1ccccc1. The number of nitrogens with zero attached hydrogens (tertiary/aromatic N) is 1. The van der Waals surface area contributed by atoms with E-state index in [1.54, 1.807) is 36.5 Å². The van der Waals surface area contributed by atoms with Crippen LogP contribution >= 0.6 is 0 Å². The second-order valence-corrected chi connectivity index (χ2v) is 5.42. The Morgan fingerprint density at radius 1 is 1.29 bits per heavy atom. The number of rotatable bonds is 4. The largest absolute Gasteiger partial charge is 0.283 e. The van der Waals surface area contributed by atoms with Crippen LogP contribution in [0.2, 0.25) is 0 Å². The summed E-state index contributed by atoms with van der Waals surface area (Å²) in [6, 6.07) is 8.28. The first-order valence-corrected chi connectivity index (χ1v) is 6.61. The Bertz CT molecular complexity index is 590. The first-order valence-electron chi connectivity index (χ1n) is 5.13. The Kier molecular flexibility index (Phi) is 3.26. The fourth-order valence-electron chi connectivity index (χ4n) is 1.41. The van der Waals surface area contributed by atoms with E-state index in [1.165, 1.54) is 0 Å². The van der Waals surface area contributed by atoms with Crippen LogP contribution in [0.4, 0.5) is 0 Å². The molecule has 0 spiro atoms. The number of sulfonamides is 1. The van der Waals surface area contributed by atoms with Crippen molar-refractivity contribution < 1.29 is 8.42 Å². The molecule has 0 saturated heterocycles. The van der Waals surface area contributed by atoms with E-state index in [-0.39, 0.29) is 11.4 Å². The highest BCUT2D eigenvalue weighted by Crippen LogP contribution is 2.09. The number of benzene rings is 1. The Hall–Kier alpha value is -1.66. The summed E-state index contributed by atoms with van der Waals surface area (Å²) >= 11 is 0. The van der Waals surface area contributed by atoms with Crippen molar-refractivity contribution >= 4 is 10.0 Å². The molecule has 0 fully saturated rings. The molecule has 0 aliphatic heterocycles. The molecule has 0 unspecified atom stereocenters. The lowest BCUT2D eigenvalue weighted by molar-refractivity contribution is 0.581. The molecule has 1 heterocycles. The molecule has 0 amide bonds. The molecule has 2 rings (SSSR count). The predicted octanol–water partition coefficient (Wildman–Crippen LogP) is 1.20. The molecule has 0 bridgehead atoms. The lowest BCUT2D eigenvalue weighted by atomic mass is 10.3. The Balaban J connectivity index is 2.12. The molecule has 0 saturated carbocycles. The molecule has 17 heavy (non-hydrogen) atoms. The van der Waals surface area contributed by atoms with Crippen LogP contribution in [0.25, 0.3) is 0 Å².